The number of benzene rings is 2. The highest BCUT2D eigenvalue weighted by atomic mass is 35.5. The predicted molar refractivity (Wildman–Crippen MR) is 110 cm³/mol. The molecule has 5 nitrogen and oxygen atoms in total. The van der Waals surface area contributed by atoms with Crippen LogP contribution in [0.5, 0.6) is 0 Å². The lowest BCUT2D eigenvalue weighted by atomic mass is 10.1. The quantitative estimate of drug-likeness (QED) is 0.475. The number of para-hydroxylation sites is 1. The van der Waals surface area contributed by atoms with Gasteiger partial charge < -0.3 is 14.7 Å². The van der Waals surface area contributed by atoms with E-state index < -0.39 is 0 Å². The SMILES string of the molecule is O=C(CCc1ncc(-c2ccccc2Cl)o1)NCCc1c[nH]c2ccccc12. The van der Waals surface area contributed by atoms with Gasteiger partial charge in [-0.1, -0.05) is 41.9 Å². The highest BCUT2D eigenvalue weighted by Crippen LogP contribution is 2.28. The van der Waals surface area contributed by atoms with E-state index in [1.54, 1.807) is 12.3 Å². The molecule has 0 fully saturated rings. The van der Waals surface area contributed by atoms with E-state index in [1.165, 1.54) is 10.9 Å². The van der Waals surface area contributed by atoms with E-state index in [4.69, 9.17) is 16.0 Å². The van der Waals surface area contributed by atoms with Gasteiger partial charge in [-0.05, 0) is 30.2 Å². The summed E-state index contributed by atoms with van der Waals surface area (Å²) in [4.78, 5) is 19.6. The van der Waals surface area contributed by atoms with Gasteiger partial charge in [0.25, 0.3) is 0 Å². The Morgan fingerprint density at radius 3 is 2.82 bits per heavy atom. The number of nitrogens with zero attached hydrogens (tertiary/aromatic N) is 1. The Morgan fingerprint density at radius 2 is 1.93 bits per heavy atom. The van der Waals surface area contributed by atoms with Crippen LogP contribution in [0.2, 0.25) is 5.02 Å². The van der Waals surface area contributed by atoms with Crippen molar-refractivity contribution in [2.24, 2.45) is 0 Å². The molecule has 2 heterocycles. The number of amides is 1. The second-order valence-corrected chi connectivity index (χ2v) is 6.96. The van der Waals surface area contributed by atoms with Crippen LogP contribution in [0.25, 0.3) is 22.2 Å². The lowest BCUT2D eigenvalue weighted by molar-refractivity contribution is -0.121. The van der Waals surface area contributed by atoms with Crippen LogP contribution >= 0.6 is 11.6 Å². The van der Waals surface area contributed by atoms with Gasteiger partial charge in [0, 0.05) is 42.0 Å². The molecule has 0 saturated carbocycles. The van der Waals surface area contributed by atoms with E-state index in [-0.39, 0.29) is 5.91 Å². The maximum absolute atomic E-state index is 12.1. The molecule has 0 aliphatic heterocycles. The average molecular weight is 394 g/mol. The number of aromatic nitrogens is 2. The first kappa shape index (κ1) is 18.3. The summed E-state index contributed by atoms with van der Waals surface area (Å²) in [5.74, 6) is 1.12. The predicted octanol–water partition coefficient (Wildman–Crippen LogP) is 4.77. The molecule has 1 amide bonds. The first-order valence-corrected chi connectivity index (χ1v) is 9.60. The summed E-state index contributed by atoms with van der Waals surface area (Å²) in [5, 5.41) is 4.77. The Bertz CT molecular complexity index is 1100. The van der Waals surface area contributed by atoms with Crippen molar-refractivity contribution in [2.45, 2.75) is 19.3 Å². The van der Waals surface area contributed by atoms with Crippen molar-refractivity contribution in [1.29, 1.82) is 0 Å². The Balaban J connectivity index is 1.26. The molecule has 0 radical (unpaired) electrons. The minimum atomic E-state index is -0.0164. The summed E-state index contributed by atoms with van der Waals surface area (Å²) in [7, 11) is 0. The Morgan fingerprint density at radius 1 is 1.11 bits per heavy atom. The van der Waals surface area contributed by atoms with Crippen LogP contribution in [0.4, 0.5) is 0 Å². The monoisotopic (exact) mass is 393 g/mol. The van der Waals surface area contributed by atoms with Crippen molar-refractivity contribution in [3.63, 3.8) is 0 Å². The molecule has 6 heteroatoms. The highest BCUT2D eigenvalue weighted by Gasteiger charge is 2.11. The van der Waals surface area contributed by atoms with Gasteiger partial charge in [-0.25, -0.2) is 4.98 Å². The zero-order valence-corrected chi connectivity index (χ0v) is 16.0. The van der Waals surface area contributed by atoms with Crippen LogP contribution < -0.4 is 5.32 Å². The molecule has 2 aromatic heterocycles. The van der Waals surface area contributed by atoms with Crippen LogP contribution in [0.1, 0.15) is 17.9 Å². The van der Waals surface area contributed by atoms with Crippen molar-refractivity contribution in [1.82, 2.24) is 15.3 Å². The van der Waals surface area contributed by atoms with Crippen LogP contribution in [0.3, 0.4) is 0 Å². The Kier molecular flexibility index (Phi) is 5.44. The molecule has 4 rings (SSSR count). The molecule has 0 saturated heterocycles. The fourth-order valence-electron chi connectivity index (χ4n) is 3.20. The molecular weight excluding hydrogens is 374 g/mol. The molecule has 0 unspecified atom stereocenters. The number of aromatic amines is 1. The molecule has 0 aliphatic rings. The summed E-state index contributed by atoms with van der Waals surface area (Å²) in [6.07, 6.45) is 5.20. The molecule has 4 aromatic rings. The van der Waals surface area contributed by atoms with Gasteiger partial charge in [-0.2, -0.15) is 0 Å². The van der Waals surface area contributed by atoms with E-state index in [0.717, 1.165) is 17.5 Å². The second-order valence-electron chi connectivity index (χ2n) is 6.56. The van der Waals surface area contributed by atoms with Gasteiger partial charge in [-0.3, -0.25) is 4.79 Å². The molecule has 0 atom stereocenters. The zero-order chi connectivity index (χ0) is 19.3. The first-order chi connectivity index (χ1) is 13.7. The Labute approximate surface area is 167 Å². The van der Waals surface area contributed by atoms with E-state index >= 15 is 0 Å². The number of hydrogen-bond donors (Lipinski definition) is 2. The Hall–Kier alpha value is -3.05. The molecule has 0 spiro atoms. The number of halogens is 1. The van der Waals surface area contributed by atoms with E-state index in [2.05, 4.69) is 21.4 Å². The largest absolute Gasteiger partial charge is 0.441 e. The minimum absolute atomic E-state index is 0.0164. The van der Waals surface area contributed by atoms with E-state index in [1.807, 2.05) is 42.6 Å². The van der Waals surface area contributed by atoms with Gasteiger partial charge in [0.15, 0.2) is 11.7 Å². The number of aryl methyl sites for hydroxylation is 1. The molecule has 142 valence electrons. The molecule has 0 bridgehead atoms. The fourth-order valence-corrected chi connectivity index (χ4v) is 3.42. The third-order valence-electron chi connectivity index (χ3n) is 4.65. The van der Waals surface area contributed by atoms with Crippen LogP contribution in [0.15, 0.2) is 65.3 Å². The van der Waals surface area contributed by atoms with Crippen LogP contribution in [-0.2, 0) is 17.6 Å². The number of carbonyl (C=O) groups excluding carboxylic acids is 1. The van der Waals surface area contributed by atoms with Gasteiger partial charge in [0.2, 0.25) is 5.91 Å². The van der Waals surface area contributed by atoms with E-state index in [0.29, 0.717) is 36.1 Å². The molecule has 0 aliphatic carbocycles. The minimum Gasteiger partial charge on any atom is -0.441 e. The summed E-state index contributed by atoms with van der Waals surface area (Å²) in [6, 6.07) is 15.6. The number of hydrogen-bond acceptors (Lipinski definition) is 3. The van der Waals surface area contributed by atoms with Gasteiger partial charge in [0.05, 0.1) is 11.2 Å². The third-order valence-corrected chi connectivity index (χ3v) is 4.98. The fraction of sp³-hybridized carbons (Fsp3) is 0.182. The number of nitrogens with one attached hydrogen (secondary N) is 2. The number of fused-ring (bicyclic) bond motifs is 1. The second kappa shape index (κ2) is 8.31. The third kappa shape index (κ3) is 4.10. The smallest absolute Gasteiger partial charge is 0.220 e. The topological polar surface area (TPSA) is 70.9 Å². The summed E-state index contributed by atoms with van der Waals surface area (Å²) in [5.41, 5.74) is 3.11. The van der Waals surface area contributed by atoms with Crippen molar-refractivity contribution in [3.8, 4) is 11.3 Å². The van der Waals surface area contributed by atoms with Gasteiger partial charge in [0.1, 0.15) is 0 Å². The van der Waals surface area contributed by atoms with E-state index in [9.17, 15) is 4.79 Å². The first-order valence-electron chi connectivity index (χ1n) is 9.22. The molecular formula is C22H20ClN3O2. The van der Waals surface area contributed by atoms with Crippen molar-refractivity contribution in [2.75, 3.05) is 6.54 Å². The molecule has 28 heavy (non-hydrogen) atoms. The molecule has 2 aromatic carbocycles. The highest BCUT2D eigenvalue weighted by molar-refractivity contribution is 6.33. The van der Waals surface area contributed by atoms with Gasteiger partial charge in [-0.15, -0.1) is 0 Å². The average Bonchev–Trinajstić information content (AvgIpc) is 3.34. The van der Waals surface area contributed by atoms with Crippen molar-refractivity contribution < 1.29 is 9.21 Å². The molecule has 2 N–H and O–H groups in total. The zero-order valence-electron chi connectivity index (χ0n) is 15.2. The maximum Gasteiger partial charge on any atom is 0.220 e. The summed E-state index contributed by atoms with van der Waals surface area (Å²) >= 11 is 6.18. The number of H-pyrrole nitrogens is 1. The summed E-state index contributed by atoms with van der Waals surface area (Å²) < 4.78 is 5.73. The number of oxazole rings is 1. The normalized spacial score (nSPS) is 11.0. The standard InChI is InChI=1S/C22H20ClN3O2/c23-18-7-3-1-6-17(18)20-14-26-22(28-20)10-9-21(27)24-12-11-15-13-25-19-8-4-2-5-16(15)19/h1-8,13-14,25H,9-12H2,(H,24,27). The number of rotatable bonds is 7. The number of carbonyl (C=O) groups is 1. The lowest BCUT2D eigenvalue weighted by Crippen LogP contribution is -2.25. The lowest BCUT2D eigenvalue weighted by Gasteiger charge is -2.04. The van der Waals surface area contributed by atoms with Crippen LogP contribution in [-0.4, -0.2) is 22.4 Å². The maximum atomic E-state index is 12.1. The summed E-state index contributed by atoms with van der Waals surface area (Å²) in [6.45, 7) is 0.594. The van der Waals surface area contributed by atoms with Gasteiger partial charge >= 0.3 is 0 Å². The van der Waals surface area contributed by atoms with Crippen molar-refractivity contribution >= 4 is 28.4 Å². The van der Waals surface area contributed by atoms with Crippen LogP contribution in [0, 0.1) is 0 Å². The van der Waals surface area contributed by atoms with Crippen molar-refractivity contribution in [3.05, 3.63) is 77.4 Å².